The maximum absolute atomic E-state index is 12.9. The van der Waals surface area contributed by atoms with Crippen LogP contribution >= 0.6 is 11.6 Å². The van der Waals surface area contributed by atoms with Crippen molar-refractivity contribution in [3.63, 3.8) is 0 Å². The molecule has 1 aliphatic heterocycles. The number of ether oxygens (including phenoxy) is 1. The number of likely N-dealkylation sites (tertiary alicyclic amines) is 1. The maximum atomic E-state index is 12.9. The van der Waals surface area contributed by atoms with E-state index in [4.69, 9.17) is 16.3 Å². The number of methoxy groups -OCH3 is 1. The number of benzene rings is 1. The fourth-order valence-corrected chi connectivity index (χ4v) is 4.17. The van der Waals surface area contributed by atoms with E-state index in [-0.39, 0.29) is 11.9 Å². The van der Waals surface area contributed by atoms with Crippen molar-refractivity contribution in [2.75, 3.05) is 25.5 Å². The lowest BCUT2D eigenvalue weighted by Gasteiger charge is -2.34. The highest BCUT2D eigenvalue weighted by Gasteiger charge is 2.29. The molecule has 4 rings (SSSR count). The molecule has 0 radical (unpaired) electrons. The van der Waals surface area contributed by atoms with E-state index in [1.807, 2.05) is 44.3 Å². The number of nitrogens with one attached hydrogen (secondary N) is 1. The van der Waals surface area contributed by atoms with Crippen LogP contribution in [0.2, 0.25) is 5.02 Å². The normalized spacial score (nSPS) is 16.5. The minimum Gasteiger partial charge on any atom is -0.495 e. The van der Waals surface area contributed by atoms with Crippen LogP contribution in [0.1, 0.15) is 37.1 Å². The lowest BCUT2D eigenvalue weighted by atomic mass is 9.95. The van der Waals surface area contributed by atoms with Gasteiger partial charge in [-0.15, -0.1) is 10.2 Å². The van der Waals surface area contributed by atoms with Crippen molar-refractivity contribution >= 4 is 28.8 Å². The molecule has 2 aromatic heterocycles. The van der Waals surface area contributed by atoms with Crippen molar-refractivity contribution in [2.24, 2.45) is 0 Å². The van der Waals surface area contributed by atoms with Gasteiger partial charge in [0.05, 0.1) is 18.8 Å². The first-order chi connectivity index (χ1) is 14.5. The summed E-state index contributed by atoms with van der Waals surface area (Å²) in [6.07, 6.45) is 3.89. The standard InChI is InChI=1S/C22H26ClN5O2/c1-14-12-18(19(30-3)13-17(14)23)24-22(29)15(2)27-10-7-16(8-11-27)21-26-25-20-6-4-5-9-28(20)21/h4-6,9,12-13,15-16H,7-8,10-11H2,1-3H3,(H,24,29). The van der Waals surface area contributed by atoms with E-state index in [9.17, 15) is 4.79 Å². The molecule has 0 spiro atoms. The Morgan fingerprint density at radius 1 is 1.27 bits per heavy atom. The second-order valence-corrected chi connectivity index (χ2v) is 8.17. The van der Waals surface area contributed by atoms with E-state index in [1.54, 1.807) is 13.2 Å². The van der Waals surface area contributed by atoms with E-state index < -0.39 is 0 Å². The first-order valence-electron chi connectivity index (χ1n) is 10.2. The minimum absolute atomic E-state index is 0.0543. The molecule has 1 unspecified atom stereocenters. The average Bonchev–Trinajstić information content (AvgIpc) is 3.20. The van der Waals surface area contributed by atoms with Crippen molar-refractivity contribution in [1.82, 2.24) is 19.5 Å². The van der Waals surface area contributed by atoms with Crippen LogP contribution in [0.15, 0.2) is 36.5 Å². The molecule has 8 heteroatoms. The summed E-state index contributed by atoms with van der Waals surface area (Å²) in [6.45, 7) is 5.51. The molecule has 1 aliphatic rings. The predicted octanol–water partition coefficient (Wildman–Crippen LogP) is 3.91. The van der Waals surface area contributed by atoms with E-state index in [0.29, 0.717) is 22.4 Å². The molecule has 7 nitrogen and oxygen atoms in total. The lowest BCUT2D eigenvalue weighted by molar-refractivity contribution is -0.121. The highest BCUT2D eigenvalue weighted by Crippen LogP contribution is 2.32. The number of halogens is 1. The second kappa shape index (κ2) is 8.62. The zero-order valence-electron chi connectivity index (χ0n) is 17.4. The van der Waals surface area contributed by atoms with E-state index in [2.05, 4.69) is 24.8 Å². The van der Waals surface area contributed by atoms with Crippen LogP contribution in [-0.2, 0) is 4.79 Å². The number of carbonyl (C=O) groups excluding carboxylic acids is 1. The van der Waals surface area contributed by atoms with Gasteiger partial charge in [-0.3, -0.25) is 14.1 Å². The summed E-state index contributed by atoms with van der Waals surface area (Å²) in [5.74, 6) is 1.85. The maximum Gasteiger partial charge on any atom is 0.241 e. The van der Waals surface area contributed by atoms with Gasteiger partial charge in [0.15, 0.2) is 5.65 Å². The molecule has 1 amide bonds. The van der Waals surface area contributed by atoms with Crippen LogP contribution in [0.25, 0.3) is 5.65 Å². The number of nitrogens with zero attached hydrogens (tertiary/aromatic N) is 4. The van der Waals surface area contributed by atoms with Gasteiger partial charge in [0.1, 0.15) is 11.6 Å². The van der Waals surface area contributed by atoms with E-state index >= 15 is 0 Å². The summed E-state index contributed by atoms with van der Waals surface area (Å²) in [5.41, 5.74) is 2.40. The number of rotatable bonds is 5. The largest absolute Gasteiger partial charge is 0.495 e. The number of anilines is 1. The van der Waals surface area contributed by atoms with E-state index in [0.717, 1.165) is 43.0 Å². The highest BCUT2D eigenvalue weighted by molar-refractivity contribution is 6.31. The molecule has 3 heterocycles. The molecule has 0 bridgehead atoms. The molecule has 0 aliphatic carbocycles. The number of aryl methyl sites for hydroxylation is 1. The Labute approximate surface area is 181 Å². The molecule has 3 aromatic rings. The number of pyridine rings is 1. The molecular formula is C22H26ClN5O2. The SMILES string of the molecule is COc1cc(Cl)c(C)cc1NC(=O)C(C)N1CCC(c2nnc3ccccn23)CC1. The molecule has 1 atom stereocenters. The zero-order valence-corrected chi connectivity index (χ0v) is 18.2. The van der Waals surface area contributed by atoms with Gasteiger partial charge in [-0.05, 0) is 63.5 Å². The Bertz CT molecular complexity index is 1060. The smallest absolute Gasteiger partial charge is 0.241 e. The number of aromatic nitrogens is 3. The minimum atomic E-state index is -0.248. The third kappa shape index (κ3) is 4.00. The Morgan fingerprint density at radius 2 is 2.03 bits per heavy atom. The van der Waals surface area contributed by atoms with Crippen molar-refractivity contribution in [3.05, 3.63) is 52.9 Å². The van der Waals surface area contributed by atoms with Crippen molar-refractivity contribution in [1.29, 1.82) is 0 Å². The van der Waals surface area contributed by atoms with Crippen molar-refractivity contribution in [3.8, 4) is 5.75 Å². The summed E-state index contributed by atoms with van der Waals surface area (Å²) in [4.78, 5) is 15.1. The molecular weight excluding hydrogens is 402 g/mol. The Kier molecular flexibility index (Phi) is 5.92. The molecule has 1 aromatic carbocycles. The van der Waals surface area contributed by atoms with Gasteiger partial charge >= 0.3 is 0 Å². The Morgan fingerprint density at radius 3 is 2.77 bits per heavy atom. The Balaban J connectivity index is 1.40. The fraction of sp³-hybridized carbons (Fsp3) is 0.409. The van der Waals surface area contributed by atoms with Crippen LogP contribution in [-0.4, -0.2) is 51.6 Å². The Hall–Kier alpha value is -2.64. The van der Waals surface area contributed by atoms with Gasteiger partial charge in [0, 0.05) is 23.2 Å². The number of amides is 1. The zero-order chi connectivity index (χ0) is 21.3. The highest BCUT2D eigenvalue weighted by atomic mass is 35.5. The quantitative estimate of drug-likeness (QED) is 0.668. The second-order valence-electron chi connectivity index (χ2n) is 7.76. The lowest BCUT2D eigenvalue weighted by Crippen LogP contribution is -2.46. The van der Waals surface area contributed by atoms with Gasteiger partial charge in [-0.1, -0.05) is 17.7 Å². The predicted molar refractivity (Wildman–Crippen MR) is 117 cm³/mol. The fourth-order valence-electron chi connectivity index (χ4n) is 4.02. The molecule has 1 N–H and O–H groups in total. The molecule has 30 heavy (non-hydrogen) atoms. The van der Waals surface area contributed by atoms with Crippen LogP contribution in [0.4, 0.5) is 5.69 Å². The molecule has 1 saturated heterocycles. The number of fused-ring (bicyclic) bond motifs is 1. The molecule has 158 valence electrons. The average molecular weight is 428 g/mol. The third-order valence-electron chi connectivity index (χ3n) is 5.90. The first kappa shape index (κ1) is 20.6. The van der Waals surface area contributed by atoms with Crippen molar-refractivity contribution < 1.29 is 9.53 Å². The summed E-state index contributed by atoms with van der Waals surface area (Å²) in [7, 11) is 1.57. The summed E-state index contributed by atoms with van der Waals surface area (Å²) in [6, 6.07) is 9.24. The number of piperidine rings is 1. The summed E-state index contributed by atoms with van der Waals surface area (Å²) >= 11 is 6.17. The van der Waals surface area contributed by atoms with Gasteiger partial charge in [-0.25, -0.2) is 0 Å². The van der Waals surface area contributed by atoms with E-state index in [1.165, 1.54) is 0 Å². The third-order valence-corrected chi connectivity index (χ3v) is 6.31. The van der Waals surface area contributed by atoms with Gasteiger partial charge in [0.25, 0.3) is 0 Å². The number of carbonyl (C=O) groups is 1. The summed E-state index contributed by atoms with van der Waals surface area (Å²) in [5, 5.41) is 12.3. The van der Waals surface area contributed by atoms with Crippen LogP contribution in [0.3, 0.4) is 0 Å². The van der Waals surface area contributed by atoms with Gasteiger partial charge in [-0.2, -0.15) is 0 Å². The number of hydrogen-bond donors (Lipinski definition) is 1. The topological polar surface area (TPSA) is 71.8 Å². The van der Waals surface area contributed by atoms with Gasteiger partial charge < -0.3 is 10.1 Å². The summed E-state index contributed by atoms with van der Waals surface area (Å²) < 4.78 is 7.43. The van der Waals surface area contributed by atoms with Crippen LogP contribution < -0.4 is 10.1 Å². The first-order valence-corrected chi connectivity index (χ1v) is 10.5. The van der Waals surface area contributed by atoms with Crippen LogP contribution in [0.5, 0.6) is 5.75 Å². The van der Waals surface area contributed by atoms with Crippen LogP contribution in [0, 0.1) is 6.92 Å². The monoisotopic (exact) mass is 427 g/mol. The molecule has 1 fully saturated rings. The van der Waals surface area contributed by atoms with Gasteiger partial charge in [0.2, 0.25) is 5.91 Å². The molecule has 0 saturated carbocycles. The van der Waals surface area contributed by atoms with Crippen molar-refractivity contribution in [2.45, 2.75) is 38.6 Å². The number of hydrogen-bond acceptors (Lipinski definition) is 5.